The molecule has 0 aliphatic rings. The fraction of sp³-hybridized carbons (Fsp3) is 0.419. The predicted molar refractivity (Wildman–Crippen MR) is 154 cm³/mol. The summed E-state index contributed by atoms with van der Waals surface area (Å²) >= 11 is 1.64. The Morgan fingerprint density at radius 3 is 2.29 bits per heavy atom. The van der Waals surface area contributed by atoms with Gasteiger partial charge >= 0.3 is 0 Å². The van der Waals surface area contributed by atoms with E-state index in [1.54, 1.807) is 30.5 Å². The quantitative estimate of drug-likeness (QED) is 0.233. The van der Waals surface area contributed by atoms with E-state index in [0.717, 1.165) is 28.8 Å². The molecule has 0 saturated heterocycles. The molecule has 0 bridgehead atoms. The van der Waals surface area contributed by atoms with E-state index >= 15 is 0 Å². The average molecular weight is 537 g/mol. The number of thiophene rings is 1. The highest BCUT2D eigenvalue weighted by Gasteiger charge is 2.27. The molecule has 0 aliphatic carbocycles. The Balaban J connectivity index is 1.78. The molecule has 0 saturated carbocycles. The predicted octanol–water partition coefficient (Wildman–Crippen LogP) is 6.16. The van der Waals surface area contributed by atoms with E-state index in [1.807, 2.05) is 77.9 Å². The Morgan fingerprint density at radius 2 is 1.66 bits per heavy atom. The monoisotopic (exact) mass is 536 g/mol. The molecule has 3 aromatic rings. The van der Waals surface area contributed by atoms with Crippen LogP contribution in [0.15, 0.2) is 66.0 Å². The van der Waals surface area contributed by atoms with Crippen LogP contribution in [0, 0.1) is 0 Å². The second kappa shape index (κ2) is 15.2. The van der Waals surface area contributed by atoms with Gasteiger partial charge in [-0.3, -0.25) is 9.59 Å². The topological polar surface area (TPSA) is 59.1 Å². The summed E-state index contributed by atoms with van der Waals surface area (Å²) in [7, 11) is 3.24. The van der Waals surface area contributed by atoms with Crippen LogP contribution in [0.25, 0.3) is 0 Å². The second-order valence-corrected chi connectivity index (χ2v) is 10.4. The number of unbranched alkanes of at least 4 members (excludes halogenated alkanes) is 1. The van der Waals surface area contributed by atoms with Crippen LogP contribution in [0.4, 0.5) is 0 Å². The summed E-state index contributed by atoms with van der Waals surface area (Å²) in [5, 5.41) is 2.02. The van der Waals surface area contributed by atoms with Crippen LogP contribution >= 0.6 is 11.3 Å². The summed E-state index contributed by atoms with van der Waals surface area (Å²) < 4.78 is 10.8. The molecular formula is C31H40N2O4S. The molecule has 3 rings (SSSR count). The van der Waals surface area contributed by atoms with Crippen molar-refractivity contribution in [2.75, 3.05) is 33.9 Å². The summed E-state index contributed by atoms with van der Waals surface area (Å²) in [6, 6.07) is 19.8. The van der Waals surface area contributed by atoms with Crippen LogP contribution in [0.1, 0.15) is 55.0 Å². The first kappa shape index (κ1) is 29.2. The fourth-order valence-corrected chi connectivity index (χ4v) is 5.24. The lowest BCUT2D eigenvalue weighted by Gasteiger charge is -2.30. The molecule has 0 spiro atoms. The molecule has 0 N–H and O–H groups in total. The molecule has 0 radical (unpaired) electrons. The molecule has 1 aromatic heterocycles. The van der Waals surface area contributed by atoms with Crippen molar-refractivity contribution in [3.8, 4) is 11.5 Å². The van der Waals surface area contributed by atoms with Gasteiger partial charge in [-0.15, -0.1) is 11.3 Å². The maximum atomic E-state index is 13.7. The van der Waals surface area contributed by atoms with Crippen LogP contribution in [-0.2, 0) is 22.6 Å². The highest BCUT2D eigenvalue weighted by molar-refractivity contribution is 7.09. The smallest absolute Gasteiger partial charge is 0.242 e. The number of carbonyl (C=O) groups excluding carboxylic acids is 2. The van der Waals surface area contributed by atoms with Crippen LogP contribution in [0.2, 0.25) is 0 Å². The number of nitrogens with zero attached hydrogens (tertiary/aromatic N) is 2. The standard InChI is InChI=1S/C31H40N2O4S/c1-5-7-18-33(31(35)27(6-2)25-12-9-8-10-13-25)23-30(34)32(22-26-14-11-20-38-26)19-17-24-15-16-28(36-3)29(21-24)37-4/h8-16,20-21,27H,5-7,17-19,22-23H2,1-4H3. The second-order valence-electron chi connectivity index (χ2n) is 9.32. The number of rotatable bonds is 15. The number of amides is 2. The van der Waals surface area contributed by atoms with Crippen LogP contribution in [0.5, 0.6) is 11.5 Å². The van der Waals surface area contributed by atoms with Crippen LogP contribution < -0.4 is 9.47 Å². The van der Waals surface area contributed by atoms with Crippen molar-refractivity contribution in [1.82, 2.24) is 9.80 Å². The third kappa shape index (κ3) is 8.09. The number of benzene rings is 2. The molecule has 204 valence electrons. The zero-order valence-electron chi connectivity index (χ0n) is 23.0. The van der Waals surface area contributed by atoms with Gasteiger partial charge in [-0.1, -0.05) is 62.7 Å². The van der Waals surface area contributed by atoms with Gasteiger partial charge in [0.05, 0.1) is 33.2 Å². The number of ether oxygens (including phenoxy) is 2. The van der Waals surface area contributed by atoms with Gasteiger partial charge in [0.25, 0.3) is 0 Å². The van der Waals surface area contributed by atoms with Gasteiger partial charge in [0, 0.05) is 18.0 Å². The van der Waals surface area contributed by atoms with E-state index in [2.05, 4.69) is 6.92 Å². The van der Waals surface area contributed by atoms with Crippen molar-refractivity contribution in [3.05, 3.63) is 82.0 Å². The average Bonchev–Trinajstić information content (AvgIpc) is 3.47. The highest BCUT2D eigenvalue weighted by Crippen LogP contribution is 2.28. The van der Waals surface area contributed by atoms with Crippen molar-refractivity contribution in [3.63, 3.8) is 0 Å². The van der Waals surface area contributed by atoms with E-state index in [0.29, 0.717) is 44.0 Å². The van der Waals surface area contributed by atoms with Crippen molar-refractivity contribution < 1.29 is 19.1 Å². The summed E-state index contributed by atoms with van der Waals surface area (Å²) in [6.45, 7) is 5.85. The first-order chi connectivity index (χ1) is 18.5. The minimum Gasteiger partial charge on any atom is -0.493 e. The summed E-state index contributed by atoms with van der Waals surface area (Å²) in [5.41, 5.74) is 2.05. The van der Waals surface area contributed by atoms with Gasteiger partial charge in [-0.2, -0.15) is 0 Å². The van der Waals surface area contributed by atoms with Gasteiger partial charge in [-0.25, -0.2) is 0 Å². The summed E-state index contributed by atoms with van der Waals surface area (Å²) in [6.07, 6.45) is 3.18. The van der Waals surface area contributed by atoms with E-state index in [4.69, 9.17) is 9.47 Å². The fourth-order valence-electron chi connectivity index (χ4n) is 4.52. The van der Waals surface area contributed by atoms with E-state index in [1.165, 1.54) is 0 Å². The molecule has 0 aliphatic heterocycles. The van der Waals surface area contributed by atoms with Crippen LogP contribution in [-0.4, -0.2) is 55.5 Å². The van der Waals surface area contributed by atoms with Gasteiger partial charge in [0.1, 0.15) is 0 Å². The Labute approximate surface area is 231 Å². The molecule has 0 fully saturated rings. The lowest BCUT2D eigenvalue weighted by molar-refractivity contribution is -0.141. The van der Waals surface area contributed by atoms with Gasteiger partial charge in [0.2, 0.25) is 11.8 Å². The first-order valence-electron chi connectivity index (χ1n) is 13.3. The number of carbonyl (C=O) groups is 2. The molecule has 1 unspecified atom stereocenters. The van der Waals surface area contributed by atoms with Gasteiger partial charge in [-0.05, 0) is 54.0 Å². The number of hydrogen-bond donors (Lipinski definition) is 0. The largest absolute Gasteiger partial charge is 0.493 e. The molecular weight excluding hydrogens is 496 g/mol. The number of methoxy groups -OCH3 is 2. The normalized spacial score (nSPS) is 11.6. The first-order valence-corrected chi connectivity index (χ1v) is 14.2. The van der Waals surface area contributed by atoms with Crippen molar-refractivity contribution in [2.24, 2.45) is 0 Å². The minimum atomic E-state index is -0.252. The lowest BCUT2D eigenvalue weighted by atomic mass is 9.95. The Hall–Kier alpha value is -3.32. The van der Waals surface area contributed by atoms with Crippen molar-refractivity contribution in [1.29, 1.82) is 0 Å². The zero-order valence-corrected chi connectivity index (χ0v) is 23.8. The zero-order chi connectivity index (χ0) is 27.3. The molecule has 38 heavy (non-hydrogen) atoms. The molecule has 2 amide bonds. The third-order valence-electron chi connectivity index (χ3n) is 6.73. The molecule has 7 heteroatoms. The summed E-state index contributed by atoms with van der Waals surface area (Å²) in [4.78, 5) is 32.2. The van der Waals surface area contributed by atoms with Gasteiger partial charge in [0.15, 0.2) is 11.5 Å². The third-order valence-corrected chi connectivity index (χ3v) is 7.59. The highest BCUT2D eigenvalue weighted by atomic mass is 32.1. The van der Waals surface area contributed by atoms with E-state index in [-0.39, 0.29) is 24.3 Å². The SMILES string of the molecule is CCCCN(CC(=O)N(CCc1ccc(OC)c(OC)c1)Cc1cccs1)C(=O)C(CC)c1ccccc1. The van der Waals surface area contributed by atoms with Crippen LogP contribution in [0.3, 0.4) is 0 Å². The molecule has 2 aromatic carbocycles. The Morgan fingerprint density at radius 1 is 0.895 bits per heavy atom. The molecule has 6 nitrogen and oxygen atoms in total. The number of hydrogen-bond acceptors (Lipinski definition) is 5. The lowest BCUT2D eigenvalue weighted by Crippen LogP contribution is -2.45. The maximum Gasteiger partial charge on any atom is 0.242 e. The van der Waals surface area contributed by atoms with E-state index in [9.17, 15) is 9.59 Å². The van der Waals surface area contributed by atoms with E-state index < -0.39 is 0 Å². The Bertz CT molecular complexity index is 1130. The minimum absolute atomic E-state index is 0.0245. The van der Waals surface area contributed by atoms with Crippen molar-refractivity contribution in [2.45, 2.75) is 52.0 Å². The van der Waals surface area contributed by atoms with Crippen molar-refractivity contribution >= 4 is 23.2 Å². The molecule has 1 atom stereocenters. The Kier molecular flexibility index (Phi) is 11.7. The summed E-state index contributed by atoms with van der Waals surface area (Å²) in [5.74, 6) is 1.09. The molecule has 1 heterocycles. The maximum absolute atomic E-state index is 13.7. The van der Waals surface area contributed by atoms with Gasteiger partial charge < -0.3 is 19.3 Å².